The Labute approximate surface area is 53.2 Å². The lowest BCUT2D eigenvalue weighted by Gasteiger charge is -1.90. The van der Waals surface area contributed by atoms with E-state index in [4.69, 9.17) is 5.48 Å². The molecule has 1 rings (SSSR count). The van der Waals surface area contributed by atoms with Crippen LogP contribution in [-0.2, 0) is 14.3 Å². The molecule has 0 amide bonds. The van der Waals surface area contributed by atoms with Crippen LogP contribution in [0.25, 0.3) is 0 Å². The molecule has 0 unspecified atom stereocenters. The number of rotatable bonds is 0. The molecule has 0 bridgehead atoms. The molecule has 0 N–H and O–H groups in total. The van der Waals surface area contributed by atoms with E-state index in [9.17, 15) is 4.79 Å². The molecule has 0 aromatic carbocycles. The summed E-state index contributed by atoms with van der Waals surface area (Å²) in [5, 5.41) is 0. The van der Waals surface area contributed by atoms with E-state index in [1.54, 1.807) is 0 Å². The Bertz CT molecular complexity index is 183. The van der Waals surface area contributed by atoms with Crippen molar-refractivity contribution in [2.45, 2.75) is 0 Å². The molecule has 1 saturated heterocycles. The summed E-state index contributed by atoms with van der Waals surface area (Å²) in [6.45, 7) is -6.04. The van der Waals surface area contributed by atoms with Crippen molar-refractivity contribution in [2.75, 3.05) is 26.3 Å². The molecule has 3 heteroatoms. The van der Waals surface area contributed by atoms with Crippen LogP contribution in [0.5, 0.6) is 0 Å². The third-order valence-corrected chi connectivity index (χ3v) is 0.652. The quantitative estimate of drug-likeness (QED) is 0.436. The molecule has 8 heavy (non-hydrogen) atoms. The van der Waals surface area contributed by atoms with Crippen molar-refractivity contribution in [2.24, 2.45) is 0 Å². The van der Waals surface area contributed by atoms with Crippen LogP contribution >= 0.6 is 0 Å². The first-order valence-corrected chi connectivity index (χ1v) is 2.15. The third-order valence-electron chi connectivity index (χ3n) is 0.652. The highest BCUT2D eigenvalue weighted by molar-refractivity contribution is 5.80. The molecule has 0 saturated carbocycles. The first-order chi connectivity index (χ1) is 5.35. The van der Waals surface area contributed by atoms with E-state index in [1.165, 1.54) is 0 Å². The molecule has 0 radical (unpaired) electrons. The Morgan fingerprint density at radius 2 is 1.88 bits per heavy atom. The molecule has 1 aliphatic rings. The van der Waals surface area contributed by atoms with Crippen LogP contribution in [-0.4, -0.2) is 32.1 Å². The van der Waals surface area contributed by atoms with Gasteiger partial charge in [0.2, 0.25) is 0 Å². The zero-order valence-electron chi connectivity index (χ0n) is 8.14. The van der Waals surface area contributed by atoms with E-state index in [0.29, 0.717) is 0 Å². The summed E-state index contributed by atoms with van der Waals surface area (Å²) in [7, 11) is 0. The minimum atomic E-state index is -2.57. The van der Waals surface area contributed by atoms with E-state index in [-0.39, 0.29) is 0 Å². The maximum atomic E-state index is 10.7. The summed E-state index contributed by atoms with van der Waals surface area (Å²) in [5.41, 5.74) is 0. The maximum absolute atomic E-state index is 10.7. The molecular formula is C5H8O3. The fourth-order valence-corrected chi connectivity index (χ4v) is 0.334. The number of hydrogen-bond donors (Lipinski definition) is 0. The Morgan fingerprint density at radius 3 is 2.38 bits per heavy atom. The van der Waals surface area contributed by atoms with Gasteiger partial charge < -0.3 is 9.47 Å². The van der Waals surface area contributed by atoms with Crippen molar-refractivity contribution in [3.8, 4) is 0 Å². The fraction of sp³-hybridized carbons (Fsp3) is 0.800. The van der Waals surface area contributed by atoms with Gasteiger partial charge in [-0.25, -0.2) is 0 Å². The predicted molar refractivity (Wildman–Crippen MR) is 26.6 cm³/mol. The van der Waals surface area contributed by atoms with Crippen LogP contribution in [0, 0.1) is 0 Å². The van der Waals surface area contributed by atoms with E-state index >= 15 is 0 Å². The van der Waals surface area contributed by atoms with Crippen molar-refractivity contribution >= 4 is 5.78 Å². The highest BCUT2D eigenvalue weighted by Gasteiger charge is 2.05. The van der Waals surface area contributed by atoms with Crippen molar-refractivity contribution in [3.05, 3.63) is 0 Å². The summed E-state index contributed by atoms with van der Waals surface area (Å²) in [6.07, 6.45) is 0. The molecular weight excluding hydrogens is 108 g/mol. The third kappa shape index (κ3) is 1.60. The van der Waals surface area contributed by atoms with E-state index in [2.05, 4.69) is 9.47 Å². The van der Waals surface area contributed by atoms with Crippen molar-refractivity contribution in [1.82, 2.24) is 0 Å². The fourth-order valence-electron chi connectivity index (χ4n) is 0.334. The van der Waals surface area contributed by atoms with Crippen LogP contribution in [0.3, 0.4) is 0 Å². The molecule has 1 fully saturated rings. The summed E-state index contributed by atoms with van der Waals surface area (Å²) < 4.78 is 37.0. The molecule has 0 aromatic heterocycles. The lowest BCUT2D eigenvalue weighted by molar-refractivity contribution is -0.124. The molecule has 0 aromatic rings. The van der Waals surface area contributed by atoms with Gasteiger partial charge in [0.15, 0.2) is 5.78 Å². The average molecular weight is 120 g/mol. The first kappa shape index (κ1) is 2.45. The lowest BCUT2D eigenvalue weighted by Crippen LogP contribution is -2.09. The summed E-state index contributed by atoms with van der Waals surface area (Å²) in [5.74, 6) is -0.472. The van der Waals surface area contributed by atoms with Crippen LogP contribution in [0.2, 0.25) is 0 Å². The predicted octanol–water partition coefficient (Wildman–Crippen LogP) is -0.398. The van der Waals surface area contributed by atoms with Gasteiger partial charge in [0.1, 0.15) is 13.2 Å². The van der Waals surface area contributed by atoms with Crippen molar-refractivity contribution in [3.63, 3.8) is 0 Å². The molecule has 0 atom stereocenters. The van der Waals surface area contributed by atoms with Crippen LogP contribution in [0.1, 0.15) is 5.48 Å². The summed E-state index contributed by atoms with van der Waals surface area (Å²) in [4.78, 5) is 10.7. The SMILES string of the molecule is [2H]C1([2H])OCC(=O)COC1([2H])[2H]. The van der Waals surface area contributed by atoms with Gasteiger partial charge in [-0.3, -0.25) is 4.79 Å². The smallest absolute Gasteiger partial charge is 0.183 e. The van der Waals surface area contributed by atoms with Gasteiger partial charge in [0.25, 0.3) is 0 Å². The molecule has 0 aliphatic carbocycles. The Kier molecular flexibility index (Phi) is 0.856. The van der Waals surface area contributed by atoms with Gasteiger partial charge in [-0.05, 0) is 0 Å². The van der Waals surface area contributed by atoms with Crippen LogP contribution in [0.4, 0.5) is 0 Å². The topological polar surface area (TPSA) is 35.5 Å². The largest absolute Gasteiger partial charge is 0.371 e. The maximum Gasteiger partial charge on any atom is 0.183 e. The monoisotopic (exact) mass is 120 g/mol. The van der Waals surface area contributed by atoms with Crippen LogP contribution < -0.4 is 0 Å². The highest BCUT2D eigenvalue weighted by atomic mass is 16.5. The van der Waals surface area contributed by atoms with Gasteiger partial charge in [0, 0.05) is 0 Å². The number of carbonyl (C=O) groups is 1. The Morgan fingerprint density at radius 1 is 1.38 bits per heavy atom. The summed E-state index contributed by atoms with van der Waals surface area (Å²) >= 11 is 0. The van der Waals surface area contributed by atoms with Gasteiger partial charge >= 0.3 is 0 Å². The zero-order valence-corrected chi connectivity index (χ0v) is 4.14. The van der Waals surface area contributed by atoms with Gasteiger partial charge in [-0.1, -0.05) is 0 Å². The number of ether oxygens (including phenoxy) is 2. The van der Waals surface area contributed by atoms with E-state index in [1.807, 2.05) is 0 Å². The average Bonchev–Trinajstić information content (AvgIpc) is 2.02. The molecule has 1 heterocycles. The van der Waals surface area contributed by atoms with E-state index < -0.39 is 32.1 Å². The molecule has 0 spiro atoms. The van der Waals surface area contributed by atoms with Crippen molar-refractivity contribution in [1.29, 1.82) is 0 Å². The van der Waals surface area contributed by atoms with Crippen LogP contribution in [0.15, 0.2) is 0 Å². The standard InChI is InChI=1S/C5H8O3/c6-5-3-7-1-2-8-4-5/h1-4H2/i1D2,2D2. The lowest BCUT2D eigenvalue weighted by atomic mass is 10.5. The number of carbonyl (C=O) groups excluding carboxylic acids is 1. The van der Waals surface area contributed by atoms with Gasteiger partial charge in [0.05, 0.1) is 18.6 Å². The summed E-state index contributed by atoms with van der Waals surface area (Å²) in [6, 6.07) is 0. The molecule has 46 valence electrons. The number of Topliss-reactive ketones (excluding diaryl/α,β-unsaturated/α-hetero) is 1. The first-order valence-electron chi connectivity index (χ1n) is 4.15. The molecule has 3 nitrogen and oxygen atoms in total. The second-order valence-electron chi connectivity index (χ2n) is 1.32. The number of ketones is 1. The number of hydrogen-bond acceptors (Lipinski definition) is 3. The molecule has 1 aliphatic heterocycles. The van der Waals surface area contributed by atoms with E-state index in [0.717, 1.165) is 0 Å². The second kappa shape index (κ2) is 2.79. The second-order valence-corrected chi connectivity index (χ2v) is 1.32. The van der Waals surface area contributed by atoms with Gasteiger partial charge in [-0.15, -0.1) is 0 Å². The Hall–Kier alpha value is -0.410. The Balaban J connectivity index is 2.81. The van der Waals surface area contributed by atoms with Gasteiger partial charge in [-0.2, -0.15) is 0 Å². The van der Waals surface area contributed by atoms with Crippen molar-refractivity contribution < 1.29 is 19.8 Å². The zero-order chi connectivity index (χ0) is 9.41. The normalized spacial score (nSPS) is 42.8. The highest BCUT2D eigenvalue weighted by Crippen LogP contribution is 1.87. The minimum Gasteiger partial charge on any atom is -0.371 e. The minimum absolute atomic E-state index is 0.452.